The van der Waals surface area contributed by atoms with Gasteiger partial charge >= 0.3 is 6.03 Å². The van der Waals surface area contributed by atoms with Crippen LogP contribution in [0, 0.1) is 0 Å². The van der Waals surface area contributed by atoms with Gasteiger partial charge in [-0.2, -0.15) is 4.68 Å². The SMILES string of the molecule is COc1ccccc1-n1nnnc1SCC(=O)NC(=O)NCCC1=CCCCC1. The third kappa shape index (κ3) is 6.05. The van der Waals surface area contributed by atoms with Gasteiger partial charge in [0.15, 0.2) is 0 Å². The molecule has 0 spiro atoms. The van der Waals surface area contributed by atoms with Gasteiger partial charge in [0.1, 0.15) is 11.4 Å². The number of tetrazole rings is 1. The van der Waals surface area contributed by atoms with Crippen molar-refractivity contribution in [2.75, 3.05) is 19.4 Å². The average Bonchev–Trinajstić information content (AvgIpc) is 3.21. The molecule has 2 aromatic rings. The van der Waals surface area contributed by atoms with Gasteiger partial charge in [-0.15, -0.1) is 5.10 Å². The number of carbonyl (C=O) groups is 2. The number of carbonyl (C=O) groups excluding carboxylic acids is 2. The zero-order valence-electron chi connectivity index (χ0n) is 16.3. The minimum Gasteiger partial charge on any atom is -0.494 e. The van der Waals surface area contributed by atoms with Gasteiger partial charge < -0.3 is 10.1 Å². The summed E-state index contributed by atoms with van der Waals surface area (Å²) in [5.41, 5.74) is 2.04. The Morgan fingerprint density at radius 3 is 2.93 bits per heavy atom. The summed E-state index contributed by atoms with van der Waals surface area (Å²) >= 11 is 1.13. The summed E-state index contributed by atoms with van der Waals surface area (Å²) in [6, 6.07) is 6.81. The zero-order chi connectivity index (χ0) is 20.5. The van der Waals surface area contributed by atoms with E-state index in [-0.39, 0.29) is 5.75 Å². The molecule has 154 valence electrons. The van der Waals surface area contributed by atoms with E-state index in [4.69, 9.17) is 4.74 Å². The number of ether oxygens (including phenoxy) is 1. The molecule has 1 aliphatic rings. The molecule has 0 atom stereocenters. The van der Waals surface area contributed by atoms with Gasteiger partial charge in [-0.1, -0.05) is 35.5 Å². The van der Waals surface area contributed by atoms with Crippen molar-refractivity contribution in [3.63, 3.8) is 0 Å². The van der Waals surface area contributed by atoms with Gasteiger partial charge in [-0.25, -0.2) is 4.79 Å². The van der Waals surface area contributed by atoms with Crippen LogP contribution in [0.1, 0.15) is 32.1 Å². The number of nitrogens with zero attached hydrogens (tertiary/aromatic N) is 4. The van der Waals surface area contributed by atoms with E-state index < -0.39 is 11.9 Å². The molecule has 3 rings (SSSR count). The summed E-state index contributed by atoms with van der Waals surface area (Å²) in [6.07, 6.45) is 7.73. The minimum atomic E-state index is -0.490. The number of nitrogens with one attached hydrogen (secondary N) is 2. The van der Waals surface area contributed by atoms with E-state index in [2.05, 4.69) is 32.2 Å². The van der Waals surface area contributed by atoms with E-state index in [1.807, 2.05) is 18.2 Å². The number of imide groups is 1. The molecule has 0 bridgehead atoms. The zero-order valence-corrected chi connectivity index (χ0v) is 17.1. The quantitative estimate of drug-likeness (QED) is 0.502. The molecule has 0 radical (unpaired) electrons. The first kappa shape index (κ1) is 20.8. The third-order valence-electron chi connectivity index (χ3n) is 4.46. The number of hydrogen-bond acceptors (Lipinski definition) is 7. The average molecular weight is 417 g/mol. The number of allylic oxidation sites excluding steroid dienone is 1. The number of urea groups is 1. The van der Waals surface area contributed by atoms with Crippen molar-refractivity contribution in [3.8, 4) is 11.4 Å². The summed E-state index contributed by atoms with van der Waals surface area (Å²) in [7, 11) is 1.56. The molecule has 1 aromatic heterocycles. The van der Waals surface area contributed by atoms with Gasteiger partial charge in [-0.3, -0.25) is 10.1 Å². The summed E-state index contributed by atoms with van der Waals surface area (Å²) in [4.78, 5) is 24.0. The Kier molecular flexibility index (Phi) is 7.62. The summed E-state index contributed by atoms with van der Waals surface area (Å²) in [6.45, 7) is 0.518. The third-order valence-corrected chi connectivity index (χ3v) is 5.38. The smallest absolute Gasteiger partial charge is 0.321 e. The molecule has 1 aromatic carbocycles. The largest absolute Gasteiger partial charge is 0.494 e. The highest BCUT2D eigenvalue weighted by molar-refractivity contribution is 7.99. The van der Waals surface area contributed by atoms with Crippen LogP contribution in [0.4, 0.5) is 4.79 Å². The van der Waals surface area contributed by atoms with Gasteiger partial charge in [0.05, 0.1) is 12.9 Å². The maximum atomic E-state index is 12.1. The Morgan fingerprint density at radius 2 is 2.14 bits per heavy atom. The highest BCUT2D eigenvalue weighted by atomic mass is 32.2. The first-order chi connectivity index (χ1) is 14.2. The number of amides is 3. The fourth-order valence-corrected chi connectivity index (χ4v) is 3.71. The number of benzene rings is 1. The van der Waals surface area contributed by atoms with Gasteiger partial charge in [0.25, 0.3) is 0 Å². The highest BCUT2D eigenvalue weighted by Crippen LogP contribution is 2.25. The number of thioether (sulfide) groups is 1. The maximum Gasteiger partial charge on any atom is 0.321 e. The van der Waals surface area contributed by atoms with Crippen molar-refractivity contribution >= 4 is 23.7 Å². The van der Waals surface area contributed by atoms with Crippen molar-refractivity contribution in [2.45, 2.75) is 37.3 Å². The van der Waals surface area contributed by atoms with Crippen molar-refractivity contribution in [1.82, 2.24) is 30.8 Å². The fraction of sp³-hybridized carbons (Fsp3) is 0.421. The van der Waals surface area contributed by atoms with Crippen LogP contribution >= 0.6 is 11.8 Å². The number of rotatable bonds is 8. The van der Waals surface area contributed by atoms with Crippen LogP contribution in [0.25, 0.3) is 5.69 Å². The molecular formula is C19H24N6O3S. The first-order valence-corrected chi connectivity index (χ1v) is 10.5. The topological polar surface area (TPSA) is 111 Å². The summed E-state index contributed by atoms with van der Waals surface area (Å²) < 4.78 is 6.82. The molecule has 29 heavy (non-hydrogen) atoms. The van der Waals surface area contributed by atoms with E-state index in [0.717, 1.165) is 31.0 Å². The van der Waals surface area contributed by atoms with E-state index >= 15 is 0 Å². The van der Waals surface area contributed by atoms with Gasteiger partial charge in [-0.05, 0) is 54.7 Å². The lowest BCUT2D eigenvalue weighted by Gasteiger charge is -2.13. The summed E-state index contributed by atoms with van der Waals surface area (Å²) in [5.74, 6) is 0.200. The van der Waals surface area contributed by atoms with E-state index in [0.29, 0.717) is 23.1 Å². The number of aromatic nitrogens is 4. The number of methoxy groups -OCH3 is 1. The predicted molar refractivity (Wildman–Crippen MR) is 109 cm³/mol. The van der Waals surface area contributed by atoms with Crippen molar-refractivity contribution in [3.05, 3.63) is 35.9 Å². The van der Waals surface area contributed by atoms with Crippen molar-refractivity contribution < 1.29 is 14.3 Å². The monoisotopic (exact) mass is 416 g/mol. The highest BCUT2D eigenvalue weighted by Gasteiger charge is 2.15. The van der Waals surface area contributed by atoms with Crippen LogP contribution in [0.5, 0.6) is 5.75 Å². The second-order valence-electron chi connectivity index (χ2n) is 6.50. The van der Waals surface area contributed by atoms with Crippen LogP contribution in [-0.4, -0.2) is 51.6 Å². The van der Waals surface area contributed by atoms with E-state index in [1.165, 1.54) is 23.1 Å². The molecule has 1 heterocycles. The molecule has 0 saturated carbocycles. The van der Waals surface area contributed by atoms with Gasteiger partial charge in [0, 0.05) is 6.54 Å². The second-order valence-corrected chi connectivity index (χ2v) is 7.44. The van der Waals surface area contributed by atoms with Crippen LogP contribution in [0.3, 0.4) is 0 Å². The van der Waals surface area contributed by atoms with Crippen LogP contribution in [-0.2, 0) is 4.79 Å². The fourth-order valence-electron chi connectivity index (χ4n) is 3.03. The van der Waals surface area contributed by atoms with Crippen LogP contribution in [0.2, 0.25) is 0 Å². The molecule has 2 N–H and O–H groups in total. The van der Waals surface area contributed by atoms with Crippen molar-refractivity contribution in [2.24, 2.45) is 0 Å². The number of para-hydroxylation sites is 2. The Hall–Kier alpha value is -2.88. The minimum absolute atomic E-state index is 0.00803. The molecule has 0 saturated heterocycles. The lowest BCUT2D eigenvalue weighted by atomic mass is 9.97. The van der Waals surface area contributed by atoms with E-state index in [1.54, 1.807) is 13.2 Å². The maximum absolute atomic E-state index is 12.1. The lowest BCUT2D eigenvalue weighted by molar-refractivity contribution is -0.117. The number of hydrogen-bond donors (Lipinski definition) is 2. The Bertz CT molecular complexity index is 882. The molecule has 1 aliphatic carbocycles. The summed E-state index contributed by atoms with van der Waals surface area (Å²) in [5, 5.41) is 17.0. The molecule has 0 aliphatic heterocycles. The Morgan fingerprint density at radius 1 is 1.28 bits per heavy atom. The predicted octanol–water partition coefficient (Wildman–Crippen LogP) is 2.48. The molecule has 0 unspecified atom stereocenters. The lowest BCUT2D eigenvalue weighted by Crippen LogP contribution is -2.40. The Labute approximate surface area is 173 Å². The normalized spacial score (nSPS) is 13.5. The molecule has 10 heteroatoms. The Balaban J connectivity index is 1.46. The standard InChI is InChI=1S/C19H24N6O3S/c1-28-16-10-6-5-9-15(16)25-19(22-23-24-25)29-13-17(26)21-18(27)20-12-11-14-7-3-2-4-8-14/h5-7,9-10H,2-4,8,11-13H2,1H3,(H2,20,21,26,27). The first-order valence-electron chi connectivity index (χ1n) is 9.47. The second kappa shape index (κ2) is 10.6. The molecular weight excluding hydrogens is 392 g/mol. The molecule has 9 nitrogen and oxygen atoms in total. The molecule has 3 amide bonds. The molecule has 0 fully saturated rings. The van der Waals surface area contributed by atoms with Crippen molar-refractivity contribution in [1.29, 1.82) is 0 Å². The van der Waals surface area contributed by atoms with Gasteiger partial charge in [0.2, 0.25) is 11.1 Å². The van der Waals surface area contributed by atoms with Crippen LogP contribution in [0.15, 0.2) is 41.1 Å². The van der Waals surface area contributed by atoms with E-state index in [9.17, 15) is 9.59 Å². The van der Waals surface area contributed by atoms with Crippen LogP contribution < -0.4 is 15.4 Å².